The molecule has 2 saturated heterocycles. The lowest BCUT2D eigenvalue weighted by Gasteiger charge is -2.36. The molecule has 1 aromatic rings. The van der Waals surface area contributed by atoms with Gasteiger partial charge in [-0.05, 0) is 57.0 Å². The van der Waals surface area contributed by atoms with Gasteiger partial charge in [-0.3, -0.25) is 9.69 Å². The van der Waals surface area contributed by atoms with Crippen molar-refractivity contribution in [2.24, 2.45) is 4.99 Å². The fourth-order valence-corrected chi connectivity index (χ4v) is 4.09. The third-order valence-electron chi connectivity index (χ3n) is 5.93. The van der Waals surface area contributed by atoms with Gasteiger partial charge in [0.2, 0.25) is 5.91 Å². The molecular weight excluding hydrogens is 519 g/mol. The summed E-state index contributed by atoms with van der Waals surface area (Å²) in [4.78, 5) is 23.5. The van der Waals surface area contributed by atoms with Gasteiger partial charge in [0.25, 0.3) is 0 Å². The number of anilines is 1. The molecule has 0 spiro atoms. The maximum absolute atomic E-state index is 12.2. The van der Waals surface area contributed by atoms with E-state index >= 15 is 0 Å². The Balaban J connectivity index is 0.00000363. The van der Waals surface area contributed by atoms with Crippen molar-refractivity contribution in [2.45, 2.75) is 26.2 Å². The number of nitrogens with zero attached hydrogens (tertiary/aromatic N) is 4. The van der Waals surface area contributed by atoms with Crippen molar-refractivity contribution in [3.63, 3.8) is 0 Å². The summed E-state index contributed by atoms with van der Waals surface area (Å²) in [6.07, 6.45) is 3.28. The first-order valence-corrected chi connectivity index (χ1v) is 11.6. The number of nitrogens with one attached hydrogen (secondary N) is 2. The molecule has 0 aliphatic carbocycles. The van der Waals surface area contributed by atoms with Crippen LogP contribution in [0.15, 0.2) is 29.3 Å². The number of methoxy groups -OCH3 is 1. The molecule has 0 bridgehead atoms. The minimum atomic E-state index is 0. The molecule has 8 nitrogen and oxygen atoms in total. The predicted octanol–water partition coefficient (Wildman–Crippen LogP) is 2.00. The van der Waals surface area contributed by atoms with Crippen LogP contribution in [0.3, 0.4) is 0 Å². The zero-order valence-electron chi connectivity index (χ0n) is 19.5. The van der Waals surface area contributed by atoms with Crippen molar-refractivity contribution in [2.75, 3.05) is 77.5 Å². The number of amides is 1. The second-order valence-corrected chi connectivity index (χ2v) is 8.09. The van der Waals surface area contributed by atoms with E-state index in [1.54, 1.807) is 7.11 Å². The van der Waals surface area contributed by atoms with Gasteiger partial charge in [-0.15, -0.1) is 24.0 Å². The van der Waals surface area contributed by atoms with Crippen molar-refractivity contribution in [3.05, 3.63) is 24.3 Å². The standard InChI is InChI=1S/C23H38N6O2.HI/c1-3-24-23(26-19-22(30)29-13-4-5-14-29)25-11-6-12-27-15-17-28(18-16-27)20-7-9-21(31-2)10-8-20;/h7-10H,3-6,11-19H2,1-2H3,(H2,24,25,26);1H. The van der Waals surface area contributed by atoms with E-state index in [0.29, 0.717) is 0 Å². The van der Waals surface area contributed by atoms with Crippen LogP contribution in [0.2, 0.25) is 0 Å². The molecule has 32 heavy (non-hydrogen) atoms. The third kappa shape index (κ3) is 8.31. The first kappa shape index (κ1) is 26.5. The zero-order valence-corrected chi connectivity index (χ0v) is 21.8. The lowest BCUT2D eigenvalue weighted by molar-refractivity contribution is -0.128. The molecule has 180 valence electrons. The van der Waals surface area contributed by atoms with E-state index < -0.39 is 0 Å². The van der Waals surface area contributed by atoms with Crippen LogP contribution < -0.4 is 20.3 Å². The Morgan fingerprint density at radius 3 is 2.34 bits per heavy atom. The van der Waals surface area contributed by atoms with E-state index in [-0.39, 0.29) is 36.4 Å². The number of ether oxygens (including phenoxy) is 1. The molecule has 2 heterocycles. The summed E-state index contributed by atoms with van der Waals surface area (Å²) >= 11 is 0. The molecule has 0 saturated carbocycles. The Bertz CT molecular complexity index is 701. The highest BCUT2D eigenvalue weighted by Gasteiger charge is 2.18. The summed E-state index contributed by atoms with van der Waals surface area (Å²) < 4.78 is 5.25. The van der Waals surface area contributed by atoms with Gasteiger partial charge >= 0.3 is 0 Å². The predicted molar refractivity (Wildman–Crippen MR) is 141 cm³/mol. The monoisotopic (exact) mass is 558 g/mol. The second kappa shape index (κ2) is 14.4. The zero-order chi connectivity index (χ0) is 21.9. The summed E-state index contributed by atoms with van der Waals surface area (Å²) in [5.41, 5.74) is 1.26. The van der Waals surface area contributed by atoms with Gasteiger partial charge in [-0.1, -0.05) is 0 Å². The fraction of sp³-hybridized carbons (Fsp3) is 0.652. The van der Waals surface area contributed by atoms with Crippen LogP contribution in [0.5, 0.6) is 5.75 Å². The molecule has 2 N–H and O–H groups in total. The number of aliphatic imine (C=N–C) groups is 1. The number of halogens is 1. The number of rotatable bonds is 9. The third-order valence-corrected chi connectivity index (χ3v) is 5.93. The number of carbonyl (C=O) groups excluding carboxylic acids is 1. The summed E-state index contributed by atoms with van der Waals surface area (Å²) in [7, 11) is 1.70. The molecule has 2 aliphatic heterocycles. The summed E-state index contributed by atoms with van der Waals surface area (Å²) in [6.45, 7) is 11.0. The molecule has 1 aromatic carbocycles. The first-order valence-electron chi connectivity index (χ1n) is 11.6. The van der Waals surface area contributed by atoms with Crippen LogP contribution in [-0.2, 0) is 4.79 Å². The fourth-order valence-electron chi connectivity index (χ4n) is 4.09. The number of benzene rings is 1. The van der Waals surface area contributed by atoms with E-state index in [1.165, 1.54) is 5.69 Å². The molecular formula is C23H39IN6O2. The molecule has 2 fully saturated rings. The Kier molecular flexibility index (Phi) is 11.9. The van der Waals surface area contributed by atoms with Crippen molar-refractivity contribution < 1.29 is 9.53 Å². The van der Waals surface area contributed by atoms with E-state index in [1.807, 2.05) is 24.0 Å². The largest absolute Gasteiger partial charge is 0.497 e. The summed E-state index contributed by atoms with van der Waals surface area (Å²) in [6, 6.07) is 8.31. The number of hydrogen-bond donors (Lipinski definition) is 2. The van der Waals surface area contributed by atoms with Gasteiger partial charge in [0.05, 0.1) is 7.11 Å². The lowest BCUT2D eigenvalue weighted by atomic mass is 10.2. The topological polar surface area (TPSA) is 72.4 Å². The number of hydrogen-bond acceptors (Lipinski definition) is 5. The van der Waals surface area contributed by atoms with E-state index in [0.717, 1.165) is 89.9 Å². The lowest BCUT2D eigenvalue weighted by Crippen LogP contribution is -2.47. The average molecular weight is 559 g/mol. The number of carbonyl (C=O) groups is 1. The van der Waals surface area contributed by atoms with Crippen LogP contribution in [0.4, 0.5) is 5.69 Å². The van der Waals surface area contributed by atoms with Gasteiger partial charge in [-0.2, -0.15) is 0 Å². The van der Waals surface area contributed by atoms with Crippen molar-refractivity contribution >= 4 is 41.5 Å². The maximum atomic E-state index is 12.2. The highest BCUT2D eigenvalue weighted by molar-refractivity contribution is 14.0. The van der Waals surface area contributed by atoms with Crippen molar-refractivity contribution in [1.29, 1.82) is 0 Å². The van der Waals surface area contributed by atoms with Crippen LogP contribution in [0, 0.1) is 0 Å². The summed E-state index contributed by atoms with van der Waals surface area (Å²) in [5.74, 6) is 1.76. The first-order chi connectivity index (χ1) is 15.2. The summed E-state index contributed by atoms with van der Waals surface area (Å²) in [5, 5.41) is 6.61. The van der Waals surface area contributed by atoms with Gasteiger partial charge in [0.1, 0.15) is 12.3 Å². The van der Waals surface area contributed by atoms with Crippen LogP contribution in [0.25, 0.3) is 0 Å². The maximum Gasteiger partial charge on any atom is 0.244 e. The molecule has 0 radical (unpaired) electrons. The highest BCUT2D eigenvalue weighted by Crippen LogP contribution is 2.20. The van der Waals surface area contributed by atoms with Crippen LogP contribution in [-0.4, -0.2) is 94.2 Å². The molecule has 0 unspecified atom stereocenters. The van der Waals surface area contributed by atoms with E-state index in [9.17, 15) is 4.79 Å². The van der Waals surface area contributed by atoms with Gasteiger partial charge < -0.3 is 25.2 Å². The minimum absolute atomic E-state index is 0. The Morgan fingerprint density at radius 1 is 1.03 bits per heavy atom. The van der Waals surface area contributed by atoms with Crippen molar-refractivity contribution in [1.82, 2.24) is 20.4 Å². The highest BCUT2D eigenvalue weighted by atomic mass is 127. The Morgan fingerprint density at radius 2 is 1.72 bits per heavy atom. The smallest absolute Gasteiger partial charge is 0.244 e. The van der Waals surface area contributed by atoms with Gasteiger partial charge in [0, 0.05) is 58.0 Å². The Labute approximate surface area is 209 Å². The normalized spacial score (nSPS) is 17.1. The average Bonchev–Trinajstić information content (AvgIpc) is 3.35. The van der Waals surface area contributed by atoms with Gasteiger partial charge in [-0.25, -0.2) is 4.99 Å². The SMILES string of the molecule is CCNC(=NCC(=O)N1CCCC1)NCCCN1CCN(c2ccc(OC)cc2)CC1.I. The van der Waals surface area contributed by atoms with E-state index in [2.05, 4.69) is 37.6 Å². The minimum Gasteiger partial charge on any atom is -0.497 e. The number of likely N-dealkylation sites (tertiary alicyclic amines) is 1. The van der Waals surface area contributed by atoms with Crippen molar-refractivity contribution in [3.8, 4) is 5.75 Å². The molecule has 0 aromatic heterocycles. The number of guanidine groups is 1. The molecule has 2 aliphatic rings. The molecule has 0 atom stereocenters. The van der Waals surface area contributed by atoms with E-state index in [4.69, 9.17) is 4.74 Å². The molecule has 1 amide bonds. The van der Waals surface area contributed by atoms with Crippen LogP contribution in [0.1, 0.15) is 26.2 Å². The Hall–Kier alpha value is -1.75. The van der Waals surface area contributed by atoms with Gasteiger partial charge in [0.15, 0.2) is 5.96 Å². The number of piperazine rings is 1. The van der Waals surface area contributed by atoms with Crippen LogP contribution >= 0.6 is 24.0 Å². The molecule has 9 heteroatoms. The quantitative estimate of drug-likeness (QED) is 0.209. The second-order valence-electron chi connectivity index (χ2n) is 8.09. The molecule has 3 rings (SSSR count).